The molecule has 1 atom stereocenters. The van der Waals surface area contributed by atoms with E-state index in [-0.39, 0.29) is 23.7 Å². The van der Waals surface area contributed by atoms with E-state index in [1.54, 1.807) is 0 Å². The summed E-state index contributed by atoms with van der Waals surface area (Å²) < 4.78 is 43.6. The third-order valence-corrected chi connectivity index (χ3v) is 4.75. The second-order valence-electron chi connectivity index (χ2n) is 4.10. The molecule has 0 radical (unpaired) electrons. The van der Waals surface area contributed by atoms with E-state index in [9.17, 15) is 17.9 Å². The molecule has 1 fully saturated rings. The summed E-state index contributed by atoms with van der Waals surface area (Å²) in [5.41, 5.74) is 0. The number of ether oxygens (including phenoxy) is 1. The number of rotatable bonds is 3. The predicted molar refractivity (Wildman–Crippen MR) is 62.3 cm³/mol. The molecule has 5 nitrogen and oxygen atoms in total. The van der Waals surface area contributed by atoms with Gasteiger partial charge in [0.1, 0.15) is 0 Å². The molecule has 2 rings (SSSR count). The quantitative estimate of drug-likeness (QED) is 0.876. The molecule has 100 valence electrons. The van der Waals surface area contributed by atoms with E-state index >= 15 is 0 Å². The van der Waals surface area contributed by atoms with Crippen LogP contribution in [0.1, 0.15) is 6.42 Å². The molecule has 0 unspecified atom stereocenters. The van der Waals surface area contributed by atoms with Crippen LogP contribution in [0.4, 0.5) is 4.39 Å². The fourth-order valence-electron chi connectivity index (χ4n) is 1.89. The molecular weight excluding hydrogens is 261 g/mol. The maximum Gasteiger partial charge on any atom is 0.243 e. The Morgan fingerprint density at radius 2 is 2.22 bits per heavy atom. The van der Waals surface area contributed by atoms with Crippen LogP contribution in [-0.4, -0.2) is 44.1 Å². The molecule has 1 aromatic carbocycles. The zero-order valence-corrected chi connectivity index (χ0v) is 10.7. The van der Waals surface area contributed by atoms with Gasteiger partial charge in [0, 0.05) is 13.1 Å². The van der Waals surface area contributed by atoms with Gasteiger partial charge < -0.3 is 9.84 Å². The van der Waals surface area contributed by atoms with E-state index in [0.29, 0.717) is 6.42 Å². The highest BCUT2D eigenvalue weighted by molar-refractivity contribution is 7.89. The number of aliphatic hydroxyl groups excluding tert-OH is 1. The minimum absolute atomic E-state index is 0.00425. The van der Waals surface area contributed by atoms with Gasteiger partial charge in [0.05, 0.1) is 18.1 Å². The second kappa shape index (κ2) is 4.83. The van der Waals surface area contributed by atoms with E-state index in [1.807, 2.05) is 0 Å². The maximum absolute atomic E-state index is 13.5. The Labute approximate surface area is 105 Å². The Balaban J connectivity index is 2.33. The zero-order chi connectivity index (χ0) is 13.3. The van der Waals surface area contributed by atoms with E-state index in [1.165, 1.54) is 19.2 Å². The zero-order valence-electron chi connectivity index (χ0n) is 9.84. The van der Waals surface area contributed by atoms with Crippen molar-refractivity contribution in [1.29, 1.82) is 0 Å². The molecule has 1 aliphatic rings. The van der Waals surface area contributed by atoms with Crippen molar-refractivity contribution in [3.63, 3.8) is 0 Å². The Morgan fingerprint density at radius 1 is 1.50 bits per heavy atom. The summed E-state index contributed by atoms with van der Waals surface area (Å²) in [6.45, 7) is 0.299. The van der Waals surface area contributed by atoms with Gasteiger partial charge in [-0.05, 0) is 24.6 Å². The first kappa shape index (κ1) is 13.3. The Kier molecular flexibility index (Phi) is 3.56. The molecule has 18 heavy (non-hydrogen) atoms. The van der Waals surface area contributed by atoms with Crippen molar-refractivity contribution in [3.05, 3.63) is 24.0 Å². The fourth-order valence-corrected chi connectivity index (χ4v) is 3.39. The van der Waals surface area contributed by atoms with Crippen LogP contribution in [0.15, 0.2) is 23.1 Å². The molecule has 0 aliphatic carbocycles. The van der Waals surface area contributed by atoms with Crippen LogP contribution in [-0.2, 0) is 10.0 Å². The number of nitrogens with zero attached hydrogens (tertiary/aromatic N) is 1. The van der Waals surface area contributed by atoms with Crippen molar-refractivity contribution < 1.29 is 22.7 Å². The molecule has 1 heterocycles. The highest BCUT2D eigenvalue weighted by Gasteiger charge is 2.32. The van der Waals surface area contributed by atoms with Gasteiger partial charge in [-0.1, -0.05) is 0 Å². The molecule has 0 amide bonds. The molecule has 1 aliphatic heterocycles. The third-order valence-electron chi connectivity index (χ3n) is 2.89. The second-order valence-corrected chi connectivity index (χ2v) is 6.04. The molecule has 1 N–H and O–H groups in total. The van der Waals surface area contributed by atoms with Gasteiger partial charge in [-0.15, -0.1) is 0 Å². The highest BCUT2D eigenvalue weighted by atomic mass is 32.2. The van der Waals surface area contributed by atoms with Crippen molar-refractivity contribution >= 4 is 10.0 Å². The van der Waals surface area contributed by atoms with Crippen molar-refractivity contribution in [1.82, 2.24) is 4.31 Å². The average molecular weight is 275 g/mol. The lowest BCUT2D eigenvalue weighted by atomic mass is 10.3. The lowest BCUT2D eigenvalue weighted by Gasteiger charge is -2.16. The topological polar surface area (TPSA) is 66.8 Å². The first-order chi connectivity index (χ1) is 8.45. The number of hydrogen-bond acceptors (Lipinski definition) is 4. The van der Waals surface area contributed by atoms with Crippen LogP contribution in [0.25, 0.3) is 0 Å². The van der Waals surface area contributed by atoms with Gasteiger partial charge >= 0.3 is 0 Å². The normalized spacial score (nSPS) is 21.2. The molecule has 0 aromatic heterocycles. The van der Waals surface area contributed by atoms with Crippen molar-refractivity contribution in [2.75, 3.05) is 20.2 Å². The average Bonchev–Trinajstić information content (AvgIpc) is 2.76. The van der Waals surface area contributed by atoms with Gasteiger partial charge in [-0.2, -0.15) is 4.31 Å². The van der Waals surface area contributed by atoms with Crippen LogP contribution in [0.5, 0.6) is 5.75 Å². The maximum atomic E-state index is 13.5. The minimum Gasteiger partial charge on any atom is -0.494 e. The lowest BCUT2D eigenvalue weighted by Crippen LogP contribution is -2.29. The summed E-state index contributed by atoms with van der Waals surface area (Å²) in [5, 5.41) is 9.35. The summed E-state index contributed by atoms with van der Waals surface area (Å²) in [6, 6.07) is 3.50. The summed E-state index contributed by atoms with van der Waals surface area (Å²) in [5.74, 6) is -0.728. The monoisotopic (exact) mass is 275 g/mol. The number of halogens is 1. The van der Waals surface area contributed by atoms with E-state index < -0.39 is 21.9 Å². The van der Waals surface area contributed by atoms with Gasteiger partial charge in [0.2, 0.25) is 10.0 Å². The molecule has 1 aromatic rings. The lowest BCUT2D eigenvalue weighted by molar-refractivity contribution is 0.189. The highest BCUT2D eigenvalue weighted by Crippen LogP contribution is 2.25. The van der Waals surface area contributed by atoms with Crippen molar-refractivity contribution in [3.8, 4) is 5.75 Å². The molecular formula is C11H14FNO4S. The van der Waals surface area contributed by atoms with Crippen LogP contribution >= 0.6 is 0 Å². The number of sulfonamides is 1. The third kappa shape index (κ3) is 2.33. The van der Waals surface area contributed by atoms with Crippen LogP contribution < -0.4 is 4.74 Å². The van der Waals surface area contributed by atoms with E-state index in [2.05, 4.69) is 0 Å². The van der Waals surface area contributed by atoms with Crippen molar-refractivity contribution in [2.24, 2.45) is 0 Å². The summed E-state index contributed by atoms with van der Waals surface area (Å²) >= 11 is 0. The van der Waals surface area contributed by atoms with Gasteiger partial charge in [-0.25, -0.2) is 12.8 Å². The van der Waals surface area contributed by atoms with Crippen LogP contribution in [0, 0.1) is 5.82 Å². The van der Waals surface area contributed by atoms with Crippen LogP contribution in [0.2, 0.25) is 0 Å². The minimum atomic E-state index is -3.74. The Morgan fingerprint density at radius 3 is 2.72 bits per heavy atom. The molecule has 0 saturated carbocycles. The molecule has 7 heteroatoms. The standard InChI is InChI=1S/C11H14FNO4S/c1-17-11-3-2-9(6-10(11)12)18(15,16)13-5-4-8(14)7-13/h2-3,6,8,14H,4-5,7H2,1H3/t8-/m0/s1. The number of methoxy groups -OCH3 is 1. The van der Waals surface area contributed by atoms with E-state index in [4.69, 9.17) is 4.74 Å². The Hall–Kier alpha value is -1.18. The summed E-state index contributed by atoms with van der Waals surface area (Å²) in [7, 11) is -2.43. The van der Waals surface area contributed by atoms with Gasteiger partial charge in [0.15, 0.2) is 11.6 Å². The molecule has 1 saturated heterocycles. The number of hydrogen-bond donors (Lipinski definition) is 1. The largest absolute Gasteiger partial charge is 0.494 e. The van der Waals surface area contributed by atoms with E-state index in [0.717, 1.165) is 10.4 Å². The fraction of sp³-hybridized carbons (Fsp3) is 0.455. The van der Waals surface area contributed by atoms with Gasteiger partial charge in [-0.3, -0.25) is 0 Å². The molecule has 0 spiro atoms. The smallest absolute Gasteiger partial charge is 0.243 e. The SMILES string of the molecule is COc1ccc(S(=O)(=O)N2CC[C@H](O)C2)cc1F. The summed E-state index contributed by atoms with van der Waals surface area (Å²) in [4.78, 5) is -0.130. The first-order valence-corrected chi connectivity index (χ1v) is 6.91. The van der Waals surface area contributed by atoms with Crippen molar-refractivity contribution in [2.45, 2.75) is 17.4 Å². The van der Waals surface area contributed by atoms with Crippen LogP contribution in [0.3, 0.4) is 0 Å². The first-order valence-electron chi connectivity index (χ1n) is 5.47. The van der Waals surface area contributed by atoms with Gasteiger partial charge in [0.25, 0.3) is 0 Å². The molecule has 0 bridgehead atoms. The number of benzene rings is 1. The number of β-amino-alcohol motifs (C(OH)–C–C–N with tert-alkyl or cyclic N) is 1. The summed E-state index contributed by atoms with van der Waals surface area (Å²) in [6.07, 6.45) is -0.249. The predicted octanol–water partition coefficient (Wildman–Crippen LogP) is 0.590. The number of aliphatic hydroxyl groups is 1. The Bertz CT molecular complexity index is 546.